The summed E-state index contributed by atoms with van der Waals surface area (Å²) < 4.78 is 19.5. The molecule has 0 saturated heterocycles. The molecule has 0 aliphatic carbocycles. The van der Waals surface area contributed by atoms with Gasteiger partial charge in [-0.25, -0.2) is 4.39 Å². The summed E-state index contributed by atoms with van der Waals surface area (Å²) in [5, 5.41) is 0. The molecule has 0 bridgehead atoms. The van der Waals surface area contributed by atoms with Gasteiger partial charge in [-0.2, -0.15) is 0 Å². The summed E-state index contributed by atoms with van der Waals surface area (Å²) in [7, 11) is 0. The molecule has 0 aromatic heterocycles. The van der Waals surface area contributed by atoms with Crippen molar-refractivity contribution < 1.29 is 9.13 Å². The molecule has 0 unspecified atom stereocenters. The van der Waals surface area contributed by atoms with Crippen molar-refractivity contribution >= 4 is 0 Å². The van der Waals surface area contributed by atoms with Crippen molar-refractivity contribution in [3.05, 3.63) is 54.3 Å². The molecule has 0 amide bonds. The fourth-order valence-corrected chi connectivity index (χ4v) is 2.14. The minimum absolute atomic E-state index is 0.290. The van der Waals surface area contributed by atoms with E-state index in [1.807, 2.05) is 36.4 Å². The first-order valence-corrected chi connectivity index (χ1v) is 7.29. The number of hydrogen-bond acceptors (Lipinski definition) is 1. The first kappa shape index (κ1) is 14.6. The van der Waals surface area contributed by atoms with Gasteiger partial charge in [-0.05, 0) is 29.7 Å². The Balaban J connectivity index is 1.96. The van der Waals surface area contributed by atoms with E-state index in [2.05, 4.69) is 6.92 Å². The summed E-state index contributed by atoms with van der Waals surface area (Å²) in [4.78, 5) is 0. The number of hydrogen-bond donors (Lipinski definition) is 0. The first-order valence-electron chi connectivity index (χ1n) is 7.29. The molecular weight excluding hydrogens is 251 g/mol. The second-order valence-corrected chi connectivity index (χ2v) is 4.92. The third kappa shape index (κ3) is 4.09. The molecule has 0 heterocycles. The Morgan fingerprint density at radius 1 is 0.900 bits per heavy atom. The molecule has 0 radical (unpaired) electrons. The fourth-order valence-electron chi connectivity index (χ4n) is 2.14. The van der Waals surface area contributed by atoms with E-state index in [1.165, 1.54) is 18.9 Å². The van der Waals surface area contributed by atoms with Crippen molar-refractivity contribution in [3.8, 4) is 16.9 Å². The highest BCUT2D eigenvalue weighted by molar-refractivity contribution is 5.64. The van der Waals surface area contributed by atoms with E-state index in [-0.39, 0.29) is 5.82 Å². The predicted molar refractivity (Wildman–Crippen MR) is 81.5 cm³/mol. The fraction of sp³-hybridized carbons (Fsp3) is 0.333. The quantitative estimate of drug-likeness (QED) is 0.609. The van der Waals surface area contributed by atoms with E-state index in [0.29, 0.717) is 12.4 Å². The summed E-state index contributed by atoms with van der Waals surface area (Å²) in [6, 6.07) is 15.0. The zero-order valence-electron chi connectivity index (χ0n) is 11.9. The Hall–Kier alpha value is -1.83. The second kappa shape index (κ2) is 7.68. The van der Waals surface area contributed by atoms with Gasteiger partial charge in [0, 0.05) is 0 Å². The number of rotatable bonds is 7. The molecule has 0 aliphatic heterocycles. The molecule has 106 valence electrons. The van der Waals surface area contributed by atoms with Crippen molar-refractivity contribution in [1.82, 2.24) is 0 Å². The van der Waals surface area contributed by atoms with Gasteiger partial charge < -0.3 is 4.74 Å². The molecule has 1 nitrogen and oxygen atoms in total. The Kier molecular flexibility index (Phi) is 5.60. The lowest BCUT2D eigenvalue weighted by Gasteiger charge is -2.09. The highest BCUT2D eigenvalue weighted by Crippen LogP contribution is 2.25. The lowest BCUT2D eigenvalue weighted by Crippen LogP contribution is -1.99. The highest BCUT2D eigenvalue weighted by Gasteiger charge is 2.06. The predicted octanol–water partition coefficient (Wildman–Crippen LogP) is 5.45. The molecular formula is C18H21FO. The van der Waals surface area contributed by atoms with Crippen molar-refractivity contribution in [2.45, 2.75) is 32.6 Å². The molecule has 0 fully saturated rings. The van der Waals surface area contributed by atoms with Crippen molar-refractivity contribution in [2.24, 2.45) is 0 Å². The highest BCUT2D eigenvalue weighted by atomic mass is 19.1. The standard InChI is InChI=1S/C18H21FO/c1-2-3-4-8-13-20-18-12-11-16(14-17(18)19)15-9-6-5-7-10-15/h5-7,9-12,14H,2-4,8,13H2,1H3. The van der Waals surface area contributed by atoms with Crippen LogP contribution in [0.25, 0.3) is 11.1 Å². The lowest BCUT2D eigenvalue weighted by atomic mass is 10.1. The first-order chi connectivity index (χ1) is 9.81. The van der Waals surface area contributed by atoms with Crippen LogP contribution in [0.2, 0.25) is 0 Å². The number of benzene rings is 2. The SMILES string of the molecule is CCCCCCOc1ccc(-c2ccccc2)cc1F. The van der Waals surface area contributed by atoms with Gasteiger partial charge in [0.05, 0.1) is 6.61 Å². The second-order valence-electron chi connectivity index (χ2n) is 4.92. The largest absolute Gasteiger partial charge is 0.491 e. The topological polar surface area (TPSA) is 9.23 Å². The Morgan fingerprint density at radius 3 is 2.40 bits per heavy atom. The molecule has 2 aromatic carbocycles. The molecule has 2 heteroatoms. The molecule has 0 atom stereocenters. The lowest BCUT2D eigenvalue weighted by molar-refractivity contribution is 0.290. The van der Waals surface area contributed by atoms with Crippen LogP contribution in [0, 0.1) is 5.82 Å². The van der Waals surface area contributed by atoms with Crippen LogP contribution in [0.5, 0.6) is 5.75 Å². The summed E-state index contributed by atoms with van der Waals surface area (Å²) in [5.41, 5.74) is 1.89. The van der Waals surface area contributed by atoms with E-state index in [1.54, 1.807) is 6.07 Å². The molecule has 0 N–H and O–H groups in total. The van der Waals surface area contributed by atoms with E-state index in [0.717, 1.165) is 24.0 Å². The van der Waals surface area contributed by atoms with Gasteiger partial charge in [-0.15, -0.1) is 0 Å². The average Bonchev–Trinajstić information content (AvgIpc) is 2.49. The van der Waals surface area contributed by atoms with Crippen LogP contribution in [0.15, 0.2) is 48.5 Å². The smallest absolute Gasteiger partial charge is 0.165 e. The van der Waals surface area contributed by atoms with Gasteiger partial charge in [0.15, 0.2) is 11.6 Å². The van der Waals surface area contributed by atoms with Gasteiger partial charge in [0.25, 0.3) is 0 Å². The molecule has 0 spiro atoms. The molecule has 0 aliphatic rings. The van der Waals surface area contributed by atoms with Crippen LogP contribution in [0.4, 0.5) is 4.39 Å². The van der Waals surface area contributed by atoms with Crippen LogP contribution >= 0.6 is 0 Å². The normalized spacial score (nSPS) is 10.5. The van der Waals surface area contributed by atoms with Gasteiger partial charge >= 0.3 is 0 Å². The van der Waals surface area contributed by atoms with E-state index in [4.69, 9.17) is 4.74 Å². The molecule has 20 heavy (non-hydrogen) atoms. The van der Waals surface area contributed by atoms with Crippen LogP contribution in [0.1, 0.15) is 32.6 Å². The van der Waals surface area contributed by atoms with Gasteiger partial charge in [0.2, 0.25) is 0 Å². The molecule has 2 aromatic rings. The Labute approximate surface area is 120 Å². The number of unbranched alkanes of at least 4 members (excludes halogenated alkanes) is 3. The number of ether oxygens (including phenoxy) is 1. The van der Waals surface area contributed by atoms with Crippen LogP contribution < -0.4 is 4.74 Å². The van der Waals surface area contributed by atoms with Crippen molar-refractivity contribution in [3.63, 3.8) is 0 Å². The maximum atomic E-state index is 14.0. The Morgan fingerprint density at radius 2 is 1.70 bits per heavy atom. The van der Waals surface area contributed by atoms with Crippen LogP contribution in [0.3, 0.4) is 0 Å². The zero-order chi connectivity index (χ0) is 14.2. The summed E-state index contributed by atoms with van der Waals surface area (Å²) >= 11 is 0. The maximum Gasteiger partial charge on any atom is 0.165 e. The Bertz CT molecular complexity index is 522. The third-order valence-corrected chi connectivity index (χ3v) is 3.29. The van der Waals surface area contributed by atoms with Crippen molar-refractivity contribution in [1.29, 1.82) is 0 Å². The molecule has 0 saturated carbocycles. The van der Waals surface area contributed by atoms with Gasteiger partial charge in [0.1, 0.15) is 0 Å². The summed E-state index contributed by atoms with van der Waals surface area (Å²) in [6.07, 6.45) is 4.52. The van der Waals surface area contributed by atoms with Gasteiger partial charge in [-0.3, -0.25) is 0 Å². The van der Waals surface area contributed by atoms with E-state index >= 15 is 0 Å². The number of halogens is 1. The zero-order valence-corrected chi connectivity index (χ0v) is 11.9. The van der Waals surface area contributed by atoms with Gasteiger partial charge in [-0.1, -0.05) is 62.6 Å². The monoisotopic (exact) mass is 272 g/mol. The maximum absolute atomic E-state index is 14.0. The summed E-state index contributed by atoms with van der Waals surface area (Å²) in [5.74, 6) is 0.0584. The average molecular weight is 272 g/mol. The minimum Gasteiger partial charge on any atom is -0.491 e. The summed E-state index contributed by atoms with van der Waals surface area (Å²) in [6.45, 7) is 2.75. The third-order valence-electron chi connectivity index (χ3n) is 3.29. The minimum atomic E-state index is -0.290. The van der Waals surface area contributed by atoms with Crippen LogP contribution in [-0.4, -0.2) is 6.61 Å². The van der Waals surface area contributed by atoms with Crippen LogP contribution in [-0.2, 0) is 0 Å². The van der Waals surface area contributed by atoms with E-state index < -0.39 is 0 Å². The molecule has 2 rings (SSSR count). The van der Waals surface area contributed by atoms with E-state index in [9.17, 15) is 4.39 Å². The van der Waals surface area contributed by atoms with Crippen molar-refractivity contribution in [2.75, 3.05) is 6.61 Å².